The van der Waals surface area contributed by atoms with Crippen molar-refractivity contribution in [1.82, 2.24) is 0 Å². The van der Waals surface area contributed by atoms with Gasteiger partial charge in [0.15, 0.2) is 0 Å². The molecular formula is C14H23NO3. The Morgan fingerprint density at radius 2 is 1.50 bits per heavy atom. The number of hydrogen-bond donors (Lipinski definition) is 0. The van der Waals surface area contributed by atoms with E-state index in [0.29, 0.717) is 33.0 Å². The van der Waals surface area contributed by atoms with Crippen LogP contribution in [0.1, 0.15) is 0 Å². The molecule has 0 heterocycles. The number of nitrogens with zero attached hydrogens (tertiary/aromatic N) is 1. The summed E-state index contributed by atoms with van der Waals surface area (Å²) in [6, 6.07) is 10.3. The molecule has 0 atom stereocenters. The van der Waals surface area contributed by atoms with Crippen molar-refractivity contribution in [3.63, 3.8) is 0 Å². The van der Waals surface area contributed by atoms with E-state index < -0.39 is 0 Å². The number of ether oxygens (including phenoxy) is 3. The van der Waals surface area contributed by atoms with E-state index in [0.717, 1.165) is 6.54 Å². The predicted molar refractivity (Wildman–Crippen MR) is 73.2 cm³/mol. The standard InChI is InChI=1S/C14H23NO3/c1-15(14-6-4-3-5-7-14)8-9-17-12-13-18-11-10-16-2/h3-7H,8-13H2,1-2H3. The van der Waals surface area contributed by atoms with Gasteiger partial charge in [-0.3, -0.25) is 0 Å². The Bertz CT molecular complexity index is 292. The highest BCUT2D eigenvalue weighted by molar-refractivity contribution is 5.44. The van der Waals surface area contributed by atoms with Crippen molar-refractivity contribution < 1.29 is 14.2 Å². The fourth-order valence-electron chi connectivity index (χ4n) is 1.48. The minimum atomic E-state index is 0.623. The molecular weight excluding hydrogens is 230 g/mol. The summed E-state index contributed by atoms with van der Waals surface area (Å²) in [6.45, 7) is 4.10. The molecule has 0 aliphatic carbocycles. The van der Waals surface area contributed by atoms with E-state index in [1.807, 2.05) is 18.2 Å². The van der Waals surface area contributed by atoms with Crippen LogP contribution in [0.25, 0.3) is 0 Å². The molecule has 0 aliphatic rings. The van der Waals surface area contributed by atoms with Gasteiger partial charge in [-0.05, 0) is 12.1 Å². The maximum atomic E-state index is 5.50. The van der Waals surface area contributed by atoms with Crippen molar-refractivity contribution in [1.29, 1.82) is 0 Å². The third kappa shape index (κ3) is 6.59. The van der Waals surface area contributed by atoms with Crippen LogP contribution in [0.5, 0.6) is 0 Å². The van der Waals surface area contributed by atoms with Gasteiger partial charge < -0.3 is 19.1 Å². The van der Waals surface area contributed by atoms with Gasteiger partial charge in [0.25, 0.3) is 0 Å². The lowest BCUT2D eigenvalue weighted by Crippen LogP contribution is -2.23. The summed E-state index contributed by atoms with van der Waals surface area (Å²) in [6.07, 6.45) is 0. The average molecular weight is 253 g/mol. The maximum absolute atomic E-state index is 5.50. The first-order valence-corrected chi connectivity index (χ1v) is 6.25. The Morgan fingerprint density at radius 1 is 0.889 bits per heavy atom. The van der Waals surface area contributed by atoms with E-state index in [-0.39, 0.29) is 0 Å². The summed E-state index contributed by atoms with van der Waals surface area (Å²) in [5.74, 6) is 0. The molecule has 0 aliphatic heterocycles. The van der Waals surface area contributed by atoms with Gasteiger partial charge in [-0.1, -0.05) is 18.2 Å². The zero-order valence-electron chi connectivity index (χ0n) is 11.3. The number of anilines is 1. The topological polar surface area (TPSA) is 30.9 Å². The molecule has 0 unspecified atom stereocenters. The molecule has 1 aromatic rings. The Kier molecular flexibility index (Phi) is 8.21. The first-order valence-electron chi connectivity index (χ1n) is 6.25. The summed E-state index contributed by atoms with van der Waals surface area (Å²) in [5, 5.41) is 0. The first-order chi connectivity index (χ1) is 8.84. The van der Waals surface area contributed by atoms with Crippen molar-refractivity contribution in [2.75, 3.05) is 58.6 Å². The first kappa shape index (κ1) is 15.0. The molecule has 0 aromatic heterocycles. The lowest BCUT2D eigenvalue weighted by molar-refractivity contribution is 0.0266. The summed E-state index contributed by atoms with van der Waals surface area (Å²) in [7, 11) is 3.73. The van der Waals surface area contributed by atoms with E-state index >= 15 is 0 Å². The van der Waals surface area contributed by atoms with Crippen LogP contribution >= 0.6 is 0 Å². The molecule has 0 radical (unpaired) electrons. The van der Waals surface area contributed by atoms with Gasteiger partial charge in [0.2, 0.25) is 0 Å². The summed E-state index contributed by atoms with van der Waals surface area (Å²) in [4.78, 5) is 2.17. The lowest BCUT2D eigenvalue weighted by Gasteiger charge is -2.19. The summed E-state index contributed by atoms with van der Waals surface area (Å²) in [5.41, 5.74) is 1.21. The van der Waals surface area contributed by atoms with Crippen molar-refractivity contribution in [3.8, 4) is 0 Å². The zero-order chi connectivity index (χ0) is 13.1. The van der Waals surface area contributed by atoms with Crippen molar-refractivity contribution in [2.24, 2.45) is 0 Å². The zero-order valence-corrected chi connectivity index (χ0v) is 11.3. The largest absolute Gasteiger partial charge is 0.382 e. The quantitative estimate of drug-likeness (QED) is 0.595. The van der Waals surface area contributed by atoms with E-state index in [1.54, 1.807) is 7.11 Å². The monoisotopic (exact) mass is 253 g/mol. The number of methoxy groups -OCH3 is 1. The molecule has 102 valence electrons. The van der Waals surface area contributed by atoms with Crippen LogP contribution in [0.3, 0.4) is 0 Å². The predicted octanol–water partition coefficient (Wildman–Crippen LogP) is 1.80. The van der Waals surface area contributed by atoms with Gasteiger partial charge in [-0.2, -0.15) is 0 Å². The van der Waals surface area contributed by atoms with E-state index in [4.69, 9.17) is 14.2 Å². The third-order valence-corrected chi connectivity index (χ3v) is 2.57. The number of benzene rings is 1. The summed E-state index contributed by atoms with van der Waals surface area (Å²) < 4.78 is 15.7. The van der Waals surface area contributed by atoms with Crippen LogP contribution in [0.15, 0.2) is 30.3 Å². The Hall–Kier alpha value is -1.10. The van der Waals surface area contributed by atoms with Crippen LogP contribution in [0, 0.1) is 0 Å². The van der Waals surface area contributed by atoms with E-state index in [2.05, 4.69) is 24.1 Å². The van der Waals surface area contributed by atoms with Crippen LogP contribution in [-0.2, 0) is 14.2 Å². The molecule has 4 heteroatoms. The van der Waals surface area contributed by atoms with Gasteiger partial charge in [0.05, 0.1) is 33.0 Å². The molecule has 18 heavy (non-hydrogen) atoms. The van der Waals surface area contributed by atoms with Crippen LogP contribution in [0.4, 0.5) is 5.69 Å². The molecule has 0 amide bonds. The molecule has 4 nitrogen and oxygen atoms in total. The van der Waals surface area contributed by atoms with E-state index in [1.165, 1.54) is 5.69 Å². The van der Waals surface area contributed by atoms with Gasteiger partial charge in [-0.25, -0.2) is 0 Å². The third-order valence-electron chi connectivity index (χ3n) is 2.57. The number of likely N-dealkylation sites (N-methyl/N-ethyl adjacent to an activating group) is 1. The molecule has 1 aromatic carbocycles. The second-order valence-corrected chi connectivity index (χ2v) is 3.97. The van der Waals surface area contributed by atoms with E-state index in [9.17, 15) is 0 Å². The SMILES string of the molecule is COCCOCCOCCN(C)c1ccccc1. The fraction of sp³-hybridized carbons (Fsp3) is 0.571. The Labute approximate surface area is 109 Å². The van der Waals surface area contributed by atoms with Crippen LogP contribution in [0.2, 0.25) is 0 Å². The number of rotatable bonds is 10. The molecule has 0 saturated heterocycles. The molecule has 0 saturated carbocycles. The number of hydrogen-bond acceptors (Lipinski definition) is 4. The van der Waals surface area contributed by atoms with Crippen molar-refractivity contribution in [2.45, 2.75) is 0 Å². The van der Waals surface area contributed by atoms with Crippen LogP contribution < -0.4 is 4.90 Å². The van der Waals surface area contributed by atoms with Gasteiger partial charge in [-0.15, -0.1) is 0 Å². The second kappa shape index (κ2) is 9.88. The highest BCUT2D eigenvalue weighted by Crippen LogP contribution is 2.09. The van der Waals surface area contributed by atoms with Crippen molar-refractivity contribution in [3.05, 3.63) is 30.3 Å². The normalized spacial score (nSPS) is 10.6. The smallest absolute Gasteiger partial charge is 0.0701 e. The lowest BCUT2D eigenvalue weighted by atomic mass is 10.3. The summed E-state index contributed by atoms with van der Waals surface area (Å²) >= 11 is 0. The van der Waals surface area contributed by atoms with Gasteiger partial charge in [0.1, 0.15) is 0 Å². The number of para-hydroxylation sites is 1. The molecule has 1 rings (SSSR count). The maximum Gasteiger partial charge on any atom is 0.0701 e. The highest BCUT2D eigenvalue weighted by Gasteiger charge is 1.98. The molecule has 0 bridgehead atoms. The van der Waals surface area contributed by atoms with Gasteiger partial charge >= 0.3 is 0 Å². The second-order valence-electron chi connectivity index (χ2n) is 3.97. The molecule has 0 spiro atoms. The van der Waals surface area contributed by atoms with Crippen molar-refractivity contribution >= 4 is 5.69 Å². The Balaban J connectivity index is 1.98. The molecule has 0 fully saturated rings. The van der Waals surface area contributed by atoms with Crippen LogP contribution in [-0.4, -0.2) is 53.7 Å². The highest BCUT2D eigenvalue weighted by atomic mass is 16.5. The molecule has 0 N–H and O–H groups in total. The van der Waals surface area contributed by atoms with Gasteiger partial charge in [0, 0.05) is 26.4 Å². The Morgan fingerprint density at radius 3 is 2.17 bits per heavy atom. The average Bonchev–Trinajstić information content (AvgIpc) is 2.42. The fourth-order valence-corrected chi connectivity index (χ4v) is 1.48. The minimum Gasteiger partial charge on any atom is -0.382 e. The minimum absolute atomic E-state index is 0.623.